The Hall–Kier alpha value is -3.61. The number of fused-ring (bicyclic) bond motifs is 1. The zero-order valence-corrected chi connectivity index (χ0v) is 19.2. The number of esters is 2. The van der Waals surface area contributed by atoms with Crippen molar-refractivity contribution in [2.45, 2.75) is 45.3 Å². The van der Waals surface area contributed by atoms with Crippen LogP contribution in [-0.2, 0) is 30.4 Å². The van der Waals surface area contributed by atoms with E-state index in [-0.39, 0.29) is 13.0 Å². The fraction of sp³-hybridized carbons (Fsp3) is 0.346. The first-order valence-corrected chi connectivity index (χ1v) is 10.8. The van der Waals surface area contributed by atoms with Gasteiger partial charge in [-0.1, -0.05) is 48.5 Å². The van der Waals surface area contributed by atoms with Crippen LogP contribution in [0.3, 0.4) is 0 Å². The molecular formula is C26H27NO6. The topological polar surface area (TPSA) is 83.8 Å². The van der Waals surface area contributed by atoms with E-state index >= 15 is 0 Å². The maximum Gasteiger partial charge on any atom is 0.419 e. The van der Waals surface area contributed by atoms with Gasteiger partial charge in [0.15, 0.2) is 5.41 Å². The van der Waals surface area contributed by atoms with Crippen molar-refractivity contribution in [2.24, 2.45) is 5.41 Å². The summed E-state index contributed by atoms with van der Waals surface area (Å²) in [4.78, 5) is 38.7. The smallest absolute Gasteiger partial charge is 0.419 e. The van der Waals surface area contributed by atoms with Gasteiger partial charge in [-0.3, -0.25) is 14.2 Å². The maximum atomic E-state index is 13.1. The quantitative estimate of drug-likeness (QED) is 0.316. The van der Waals surface area contributed by atoms with Crippen LogP contribution in [-0.4, -0.2) is 35.3 Å². The van der Waals surface area contributed by atoms with E-state index in [9.17, 15) is 14.4 Å². The third-order valence-electron chi connectivity index (χ3n) is 5.80. The summed E-state index contributed by atoms with van der Waals surface area (Å²) in [6.07, 6.45) is 1.37. The van der Waals surface area contributed by atoms with Gasteiger partial charge in [-0.05, 0) is 44.4 Å². The number of hydrogen-bond donors (Lipinski definition) is 0. The van der Waals surface area contributed by atoms with Crippen molar-refractivity contribution >= 4 is 28.9 Å². The highest BCUT2D eigenvalue weighted by Crippen LogP contribution is 2.62. The van der Waals surface area contributed by atoms with E-state index in [1.165, 1.54) is 11.7 Å². The number of carbonyl (C=O) groups is 3. The van der Waals surface area contributed by atoms with Crippen molar-refractivity contribution in [3.05, 3.63) is 71.9 Å². The lowest BCUT2D eigenvalue weighted by molar-refractivity contribution is -0.164. The summed E-state index contributed by atoms with van der Waals surface area (Å²) < 4.78 is 17.5. The summed E-state index contributed by atoms with van der Waals surface area (Å²) in [6, 6.07) is 16.6. The minimum Gasteiger partial charge on any atom is -0.468 e. The lowest BCUT2D eigenvalue weighted by Gasteiger charge is -2.19. The van der Waals surface area contributed by atoms with Crippen molar-refractivity contribution < 1.29 is 28.6 Å². The van der Waals surface area contributed by atoms with E-state index in [4.69, 9.17) is 14.2 Å². The Bertz CT molecular complexity index is 1210. The van der Waals surface area contributed by atoms with Gasteiger partial charge in [-0.2, -0.15) is 0 Å². The predicted octanol–water partition coefficient (Wildman–Crippen LogP) is 4.81. The molecule has 0 amide bonds. The largest absolute Gasteiger partial charge is 0.468 e. The second kappa shape index (κ2) is 8.39. The molecule has 7 nitrogen and oxygen atoms in total. The van der Waals surface area contributed by atoms with Crippen LogP contribution >= 0.6 is 0 Å². The third kappa shape index (κ3) is 4.23. The number of nitrogens with zero attached hydrogens (tertiary/aromatic N) is 1. The lowest BCUT2D eigenvalue weighted by atomic mass is 9.98. The molecule has 1 fully saturated rings. The van der Waals surface area contributed by atoms with Crippen LogP contribution in [0.4, 0.5) is 4.79 Å². The molecule has 1 aliphatic carbocycles. The molecule has 3 aromatic rings. The van der Waals surface area contributed by atoms with E-state index in [0.29, 0.717) is 11.1 Å². The van der Waals surface area contributed by atoms with Crippen molar-refractivity contribution in [1.82, 2.24) is 4.57 Å². The van der Waals surface area contributed by atoms with Gasteiger partial charge in [0.1, 0.15) is 12.2 Å². The normalized spacial score (nSPS) is 19.7. The first-order valence-electron chi connectivity index (χ1n) is 10.8. The van der Waals surface area contributed by atoms with Crippen LogP contribution in [0, 0.1) is 5.41 Å². The van der Waals surface area contributed by atoms with Gasteiger partial charge in [0, 0.05) is 17.5 Å². The lowest BCUT2D eigenvalue weighted by Crippen LogP contribution is -2.30. The Kier molecular flexibility index (Phi) is 5.74. The minimum absolute atomic E-state index is 0.0603. The molecule has 2 atom stereocenters. The number of methoxy groups -OCH3 is 1. The van der Waals surface area contributed by atoms with Gasteiger partial charge < -0.3 is 14.2 Å². The van der Waals surface area contributed by atoms with Gasteiger partial charge >= 0.3 is 18.0 Å². The average molecular weight is 450 g/mol. The van der Waals surface area contributed by atoms with Gasteiger partial charge in [0.25, 0.3) is 0 Å². The second-order valence-corrected chi connectivity index (χ2v) is 9.23. The molecule has 1 saturated carbocycles. The zero-order chi connectivity index (χ0) is 23.8. The van der Waals surface area contributed by atoms with Crippen LogP contribution in [0.15, 0.2) is 60.8 Å². The van der Waals surface area contributed by atoms with E-state index < -0.39 is 35.0 Å². The average Bonchev–Trinajstić information content (AvgIpc) is 3.43. The van der Waals surface area contributed by atoms with E-state index in [1.54, 1.807) is 33.0 Å². The van der Waals surface area contributed by atoms with Crippen molar-refractivity contribution in [1.29, 1.82) is 0 Å². The second-order valence-electron chi connectivity index (χ2n) is 9.23. The molecule has 0 aliphatic heterocycles. The Morgan fingerprint density at radius 1 is 1.00 bits per heavy atom. The van der Waals surface area contributed by atoms with Crippen molar-refractivity contribution in [2.75, 3.05) is 7.11 Å². The SMILES string of the molecule is COC(=O)[C@@]1(C(=O)OCc2ccccc2)C[C@@H]1c1cn(C(=O)OC(C)(C)C)c2ccccc12. The first kappa shape index (κ1) is 22.6. The molecule has 0 N–H and O–H groups in total. The molecule has 0 radical (unpaired) electrons. The van der Waals surface area contributed by atoms with Gasteiger partial charge in [0.2, 0.25) is 0 Å². The fourth-order valence-corrected chi connectivity index (χ4v) is 4.15. The minimum atomic E-state index is -1.44. The Morgan fingerprint density at radius 2 is 1.67 bits per heavy atom. The molecular weight excluding hydrogens is 422 g/mol. The van der Waals surface area contributed by atoms with Crippen molar-refractivity contribution in [3.8, 4) is 0 Å². The number of ether oxygens (including phenoxy) is 3. The van der Waals surface area contributed by atoms with E-state index in [2.05, 4.69) is 0 Å². The zero-order valence-electron chi connectivity index (χ0n) is 19.2. The predicted molar refractivity (Wildman–Crippen MR) is 122 cm³/mol. The summed E-state index contributed by atoms with van der Waals surface area (Å²) in [5.74, 6) is -1.74. The number of para-hydroxylation sites is 1. The van der Waals surface area contributed by atoms with Crippen LogP contribution < -0.4 is 0 Å². The molecule has 2 aromatic carbocycles. The van der Waals surface area contributed by atoms with Gasteiger partial charge in [0.05, 0.1) is 12.6 Å². The summed E-state index contributed by atoms with van der Waals surface area (Å²) in [5.41, 5.74) is 0.0687. The Labute approximate surface area is 192 Å². The van der Waals surface area contributed by atoms with Crippen molar-refractivity contribution in [3.63, 3.8) is 0 Å². The highest BCUT2D eigenvalue weighted by atomic mass is 16.6. The Balaban J connectivity index is 1.67. The number of rotatable bonds is 5. The molecule has 1 heterocycles. The summed E-state index contributed by atoms with van der Waals surface area (Å²) in [6.45, 7) is 5.45. The monoisotopic (exact) mass is 449 g/mol. The number of aromatic nitrogens is 1. The molecule has 4 rings (SSSR count). The standard InChI is InChI=1S/C26H27NO6/c1-25(2,3)33-24(30)27-15-19(18-12-8-9-13-21(18)27)20-14-26(20,22(28)31-4)23(29)32-16-17-10-6-5-7-11-17/h5-13,15,20H,14,16H2,1-4H3/t20-,26-/m1/s1. The first-order chi connectivity index (χ1) is 15.7. The number of benzene rings is 2. The molecule has 172 valence electrons. The summed E-state index contributed by atoms with van der Waals surface area (Å²) in [7, 11) is 1.26. The van der Waals surface area contributed by atoms with E-state index in [0.717, 1.165) is 10.9 Å². The van der Waals surface area contributed by atoms with Gasteiger partial charge in [-0.15, -0.1) is 0 Å². The third-order valence-corrected chi connectivity index (χ3v) is 5.80. The molecule has 33 heavy (non-hydrogen) atoms. The molecule has 0 bridgehead atoms. The molecule has 0 saturated heterocycles. The molecule has 0 spiro atoms. The molecule has 1 aliphatic rings. The highest BCUT2D eigenvalue weighted by molar-refractivity contribution is 6.06. The number of hydrogen-bond acceptors (Lipinski definition) is 6. The van der Waals surface area contributed by atoms with Crippen LogP contribution in [0.2, 0.25) is 0 Å². The number of carbonyl (C=O) groups excluding carboxylic acids is 3. The van der Waals surface area contributed by atoms with Crippen LogP contribution in [0.1, 0.15) is 44.2 Å². The van der Waals surface area contributed by atoms with Crippen LogP contribution in [0.25, 0.3) is 10.9 Å². The molecule has 1 aromatic heterocycles. The maximum absolute atomic E-state index is 13.1. The summed E-state index contributed by atoms with van der Waals surface area (Å²) in [5, 5.41) is 0.773. The molecule has 0 unspecified atom stereocenters. The highest BCUT2D eigenvalue weighted by Gasteiger charge is 2.69. The summed E-state index contributed by atoms with van der Waals surface area (Å²) >= 11 is 0. The van der Waals surface area contributed by atoms with Crippen LogP contribution in [0.5, 0.6) is 0 Å². The van der Waals surface area contributed by atoms with Gasteiger partial charge in [-0.25, -0.2) is 4.79 Å². The molecule has 7 heteroatoms. The fourth-order valence-electron chi connectivity index (χ4n) is 4.15. The van der Waals surface area contributed by atoms with E-state index in [1.807, 2.05) is 48.5 Å². The Morgan fingerprint density at radius 3 is 2.33 bits per heavy atom.